The van der Waals surface area contributed by atoms with E-state index in [1.165, 1.54) is 0 Å². The zero-order valence-corrected chi connectivity index (χ0v) is 12.2. The van der Waals surface area contributed by atoms with Gasteiger partial charge in [0.2, 0.25) is 5.95 Å². The second-order valence-corrected chi connectivity index (χ2v) is 5.75. The molecule has 100 valence electrons. The molecule has 1 aliphatic heterocycles. The highest BCUT2D eigenvalue weighted by molar-refractivity contribution is 9.10. The van der Waals surface area contributed by atoms with Crippen LogP contribution in [-0.2, 0) is 0 Å². The average Bonchev–Trinajstić information content (AvgIpc) is 2.98. The molecule has 1 atom stereocenters. The zero-order chi connectivity index (χ0) is 13.7. The molecule has 2 heterocycles. The number of nitrogens with zero attached hydrogens (tertiary/aromatic N) is 2. The topological polar surface area (TPSA) is 53.1 Å². The van der Waals surface area contributed by atoms with Crippen LogP contribution < -0.4 is 10.5 Å². The highest BCUT2D eigenvalue weighted by atomic mass is 79.9. The fourth-order valence-electron chi connectivity index (χ4n) is 2.78. The van der Waals surface area contributed by atoms with Crippen LogP contribution in [0.25, 0.3) is 11.0 Å². The molecule has 0 saturated heterocycles. The fraction of sp³-hybridized carbons (Fsp3) is 0.133. The van der Waals surface area contributed by atoms with Crippen molar-refractivity contribution in [3.05, 3.63) is 52.5 Å². The molecular formula is C15H12BrN3O. The zero-order valence-electron chi connectivity index (χ0n) is 10.6. The number of benzene rings is 2. The van der Waals surface area contributed by atoms with Gasteiger partial charge in [0.25, 0.3) is 0 Å². The predicted octanol–water partition coefficient (Wildman–Crippen LogP) is 3.36. The van der Waals surface area contributed by atoms with E-state index in [1.54, 1.807) is 0 Å². The Bertz CT molecular complexity index is 812. The number of hydrogen-bond donors (Lipinski definition) is 1. The van der Waals surface area contributed by atoms with Crippen LogP contribution in [0.5, 0.6) is 5.75 Å². The van der Waals surface area contributed by atoms with Crippen LogP contribution in [0.15, 0.2) is 46.9 Å². The number of nitrogens with two attached hydrogens (primary N) is 1. The van der Waals surface area contributed by atoms with Gasteiger partial charge in [-0.25, -0.2) is 4.98 Å². The number of para-hydroxylation sites is 1. The molecule has 1 aliphatic rings. The molecule has 1 unspecified atom stereocenters. The van der Waals surface area contributed by atoms with E-state index in [2.05, 4.69) is 27.0 Å². The number of nitrogen functional groups attached to an aromatic ring is 1. The smallest absolute Gasteiger partial charge is 0.201 e. The van der Waals surface area contributed by atoms with Crippen LogP contribution in [0.4, 0.5) is 5.95 Å². The minimum Gasteiger partial charge on any atom is -0.491 e. The monoisotopic (exact) mass is 329 g/mol. The van der Waals surface area contributed by atoms with E-state index >= 15 is 0 Å². The minimum atomic E-state index is 0.0809. The maximum Gasteiger partial charge on any atom is 0.201 e. The first kappa shape index (κ1) is 11.8. The highest BCUT2D eigenvalue weighted by Crippen LogP contribution is 2.37. The molecule has 1 aromatic heterocycles. The number of fused-ring (bicyclic) bond motifs is 2. The van der Waals surface area contributed by atoms with Gasteiger partial charge in [0.15, 0.2) is 0 Å². The van der Waals surface area contributed by atoms with Gasteiger partial charge in [0.05, 0.1) is 17.1 Å². The lowest BCUT2D eigenvalue weighted by Crippen LogP contribution is -2.14. The van der Waals surface area contributed by atoms with Crippen LogP contribution in [0.3, 0.4) is 0 Å². The Morgan fingerprint density at radius 1 is 1.25 bits per heavy atom. The Morgan fingerprint density at radius 2 is 2.10 bits per heavy atom. The van der Waals surface area contributed by atoms with Crippen LogP contribution in [0.1, 0.15) is 11.6 Å². The van der Waals surface area contributed by atoms with E-state index in [0.29, 0.717) is 12.6 Å². The molecule has 0 bridgehead atoms. The number of imidazole rings is 1. The van der Waals surface area contributed by atoms with Gasteiger partial charge in [-0.15, -0.1) is 0 Å². The van der Waals surface area contributed by atoms with Gasteiger partial charge in [-0.05, 0) is 24.3 Å². The van der Waals surface area contributed by atoms with Crippen molar-refractivity contribution in [2.45, 2.75) is 6.04 Å². The molecule has 4 rings (SSSR count). The quantitative estimate of drug-likeness (QED) is 0.744. The number of aromatic nitrogens is 2. The van der Waals surface area contributed by atoms with Crippen molar-refractivity contribution in [1.82, 2.24) is 9.55 Å². The lowest BCUT2D eigenvalue weighted by atomic mass is 10.1. The lowest BCUT2D eigenvalue weighted by molar-refractivity contribution is 0.320. The summed E-state index contributed by atoms with van der Waals surface area (Å²) in [7, 11) is 0. The van der Waals surface area contributed by atoms with E-state index in [4.69, 9.17) is 10.5 Å². The summed E-state index contributed by atoms with van der Waals surface area (Å²) in [4.78, 5) is 4.45. The van der Waals surface area contributed by atoms with Crippen molar-refractivity contribution in [2.75, 3.05) is 12.3 Å². The molecule has 0 spiro atoms. The van der Waals surface area contributed by atoms with Crippen molar-refractivity contribution in [2.24, 2.45) is 0 Å². The van der Waals surface area contributed by atoms with Crippen LogP contribution >= 0.6 is 15.9 Å². The molecular weight excluding hydrogens is 318 g/mol. The third-order valence-corrected chi connectivity index (χ3v) is 4.16. The van der Waals surface area contributed by atoms with Crippen molar-refractivity contribution in [3.63, 3.8) is 0 Å². The summed E-state index contributed by atoms with van der Waals surface area (Å²) in [6.45, 7) is 0.588. The van der Waals surface area contributed by atoms with E-state index in [1.807, 2.05) is 41.0 Å². The summed E-state index contributed by atoms with van der Waals surface area (Å²) in [5.41, 5.74) is 9.19. The maximum absolute atomic E-state index is 6.12. The molecule has 5 heteroatoms. The van der Waals surface area contributed by atoms with Gasteiger partial charge >= 0.3 is 0 Å². The van der Waals surface area contributed by atoms with Crippen LogP contribution in [-0.4, -0.2) is 16.2 Å². The summed E-state index contributed by atoms with van der Waals surface area (Å²) in [5, 5.41) is 0. The third-order valence-electron chi connectivity index (χ3n) is 3.67. The number of anilines is 1. The Kier molecular flexibility index (Phi) is 2.50. The number of hydrogen-bond acceptors (Lipinski definition) is 3. The molecule has 0 fully saturated rings. The maximum atomic E-state index is 6.12. The Balaban J connectivity index is 1.94. The molecule has 0 amide bonds. The normalized spacial score (nSPS) is 17.1. The molecule has 3 aromatic rings. The standard InChI is InChI=1S/C15H12BrN3O/c16-9-5-6-12-11(7-9)18-15(17)19(12)13-8-20-14-4-2-1-3-10(13)14/h1-7,13H,8H2,(H2,17,18). The third kappa shape index (κ3) is 1.63. The van der Waals surface area contributed by atoms with Gasteiger partial charge in [-0.2, -0.15) is 0 Å². The Hall–Kier alpha value is -2.01. The second-order valence-electron chi connectivity index (χ2n) is 4.84. The van der Waals surface area contributed by atoms with Crippen molar-refractivity contribution in [3.8, 4) is 5.75 Å². The summed E-state index contributed by atoms with van der Waals surface area (Å²) in [6.07, 6.45) is 0. The number of ether oxygens (including phenoxy) is 1. The Morgan fingerprint density at radius 3 is 3.00 bits per heavy atom. The second kappa shape index (κ2) is 4.24. The van der Waals surface area contributed by atoms with E-state index < -0.39 is 0 Å². The fourth-order valence-corrected chi connectivity index (χ4v) is 3.13. The summed E-state index contributed by atoms with van der Waals surface area (Å²) < 4.78 is 8.80. The van der Waals surface area contributed by atoms with E-state index in [-0.39, 0.29) is 6.04 Å². The highest BCUT2D eigenvalue weighted by Gasteiger charge is 2.28. The van der Waals surface area contributed by atoms with E-state index in [0.717, 1.165) is 26.8 Å². The minimum absolute atomic E-state index is 0.0809. The molecule has 2 N–H and O–H groups in total. The van der Waals surface area contributed by atoms with Crippen LogP contribution in [0, 0.1) is 0 Å². The summed E-state index contributed by atoms with van der Waals surface area (Å²) in [6, 6.07) is 14.2. The van der Waals surface area contributed by atoms with Crippen molar-refractivity contribution >= 4 is 32.9 Å². The van der Waals surface area contributed by atoms with Gasteiger partial charge in [-0.1, -0.05) is 34.1 Å². The first-order valence-corrected chi connectivity index (χ1v) is 7.18. The van der Waals surface area contributed by atoms with Gasteiger partial charge in [0.1, 0.15) is 12.4 Å². The largest absolute Gasteiger partial charge is 0.491 e. The van der Waals surface area contributed by atoms with Gasteiger partial charge < -0.3 is 10.5 Å². The summed E-state index contributed by atoms with van der Waals surface area (Å²) >= 11 is 3.46. The first-order chi connectivity index (χ1) is 9.74. The molecule has 2 aromatic carbocycles. The molecule has 0 aliphatic carbocycles. The van der Waals surface area contributed by atoms with Gasteiger partial charge in [-0.3, -0.25) is 4.57 Å². The van der Waals surface area contributed by atoms with E-state index in [9.17, 15) is 0 Å². The first-order valence-electron chi connectivity index (χ1n) is 6.39. The number of rotatable bonds is 1. The van der Waals surface area contributed by atoms with Crippen molar-refractivity contribution in [1.29, 1.82) is 0 Å². The van der Waals surface area contributed by atoms with Gasteiger partial charge in [0, 0.05) is 10.0 Å². The Labute approximate surface area is 124 Å². The number of halogens is 1. The average molecular weight is 330 g/mol. The molecule has 4 nitrogen and oxygen atoms in total. The molecule has 20 heavy (non-hydrogen) atoms. The molecule has 0 radical (unpaired) electrons. The van der Waals surface area contributed by atoms with Crippen LogP contribution in [0.2, 0.25) is 0 Å². The van der Waals surface area contributed by atoms with Crippen molar-refractivity contribution < 1.29 is 4.74 Å². The lowest BCUT2D eigenvalue weighted by Gasteiger charge is -2.13. The summed E-state index contributed by atoms with van der Waals surface area (Å²) in [5.74, 6) is 1.44. The SMILES string of the molecule is Nc1nc2cc(Br)ccc2n1C1COc2ccccc21. The predicted molar refractivity (Wildman–Crippen MR) is 81.9 cm³/mol. The molecule has 0 saturated carbocycles.